The summed E-state index contributed by atoms with van der Waals surface area (Å²) >= 11 is 0. The molecule has 0 unspecified atom stereocenters. The van der Waals surface area contributed by atoms with Crippen molar-refractivity contribution in [2.45, 2.75) is 11.3 Å². The van der Waals surface area contributed by atoms with Gasteiger partial charge in [0.25, 0.3) is 10.1 Å². The fourth-order valence-corrected chi connectivity index (χ4v) is 2.58. The molecule has 0 fully saturated rings. The van der Waals surface area contributed by atoms with Crippen molar-refractivity contribution >= 4 is 10.1 Å². The average Bonchev–Trinajstić information content (AvgIpc) is 2.28. The maximum absolute atomic E-state index is 13.5. The van der Waals surface area contributed by atoms with Gasteiger partial charge in [0.2, 0.25) is 0 Å². The fourth-order valence-electron chi connectivity index (χ4n) is 1.80. The van der Waals surface area contributed by atoms with Gasteiger partial charge in [0.05, 0.1) is 0 Å². The van der Waals surface area contributed by atoms with Crippen molar-refractivity contribution in [1.29, 1.82) is 0 Å². The van der Waals surface area contributed by atoms with E-state index < -0.39 is 20.8 Å². The molecule has 0 aromatic heterocycles. The van der Waals surface area contributed by atoms with Crippen LogP contribution in [0.15, 0.2) is 53.4 Å². The summed E-state index contributed by atoms with van der Waals surface area (Å²) in [5.74, 6) is -0.939. The summed E-state index contributed by atoms with van der Waals surface area (Å²) in [6.45, 7) is 0. The Morgan fingerprint density at radius 1 is 1.00 bits per heavy atom. The number of benzene rings is 2. The first kappa shape index (κ1) is 12.7. The van der Waals surface area contributed by atoms with Crippen LogP contribution in [0.5, 0.6) is 0 Å². The van der Waals surface area contributed by atoms with Gasteiger partial charge in [0, 0.05) is 0 Å². The minimum absolute atomic E-state index is 0.240. The van der Waals surface area contributed by atoms with E-state index in [0.29, 0.717) is 0 Å². The Kier molecular flexibility index (Phi) is 3.45. The zero-order valence-corrected chi connectivity index (χ0v) is 10.2. The van der Waals surface area contributed by atoms with Crippen LogP contribution in [0.3, 0.4) is 0 Å². The molecule has 0 saturated carbocycles. The van der Waals surface area contributed by atoms with Gasteiger partial charge in [0.15, 0.2) is 0 Å². The topological polar surface area (TPSA) is 54.4 Å². The van der Waals surface area contributed by atoms with Crippen molar-refractivity contribution in [3.8, 4) is 0 Å². The number of hydrogen-bond acceptors (Lipinski definition) is 2. The van der Waals surface area contributed by atoms with Gasteiger partial charge in [-0.25, -0.2) is 4.39 Å². The molecule has 0 spiro atoms. The molecule has 1 N–H and O–H groups in total. The maximum Gasteiger partial charge on any atom is 0.297 e. The van der Waals surface area contributed by atoms with Crippen molar-refractivity contribution < 1.29 is 17.4 Å². The third-order valence-corrected chi connectivity index (χ3v) is 3.52. The molecular weight excluding hydrogens is 255 g/mol. The molecule has 0 saturated heterocycles. The first-order valence-electron chi connectivity index (χ1n) is 5.27. The summed E-state index contributed by atoms with van der Waals surface area (Å²) < 4.78 is 44.9. The molecule has 0 bridgehead atoms. The van der Waals surface area contributed by atoms with E-state index in [2.05, 4.69) is 0 Å². The smallest absolute Gasteiger partial charge is 0.282 e. The van der Waals surface area contributed by atoms with E-state index in [4.69, 9.17) is 4.55 Å². The van der Waals surface area contributed by atoms with E-state index in [1.54, 1.807) is 12.1 Å². The third-order valence-electron chi connectivity index (χ3n) is 2.54. The van der Waals surface area contributed by atoms with Crippen LogP contribution >= 0.6 is 0 Å². The van der Waals surface area contributed by atoms with E-state index in [-0.39, 0.29) is 12.0 Å². The van der Waals surface area contributed by atoms with Gasteiger partial charge in [-0.2, -0.15) is 8.42 Å². The predicted molar refractivity (Wildman–Crippen MR) is 65.5 cm³/mol. The van der Waals surface area contributed by atoms with Gasteiger partial charge >= 0.3 is 0 Å². The average molecular weight is 266 g/mol. The first-order chi connectivity index (χ1) is 8.48. The second-order valence-corrected chi connectivity index (χ2v) is 5.22. The second kappa shape index (κ2) is 4.88. The van der Waals surface area contributed by atoms with Crippen LogP contribution in [0.25, 0.3) is 0 Å². The van der Waals surface area contributed by atoms with Crippen LogP contribution in [-0.2, 0) is 16.5 Å². The van der Waals surface area contributed by atoms with Crippen molar-refractivity contribution in [3.05, 3.63) is 65.5 Å². The van der Waals surface area contributed by atoms with Crippen LogP contribution in [0, 0.1) is 5.82 Å². The van der Waals surface area contributed by atoms with Gasteiger partial charge in [0.1, 0.15) is 10.7 Å². The molecule has 0 aliphatic heterocycles. The van der Waals surface area contributed by atoms with Crippen molar-refractivity contribution in [2.24, 2.45) is 0 Å². The van der Waals surface area contributed by atoms with E-state index in [1.807, 2.05) is 18.2 Å². The molecule has 0 atom stereocenters. The molecule has 0 aliphatic carbocycles. The Morgan fingerprint density at radius 3 is 2.28 bits per heavy atom. The normalized spacial score (nSPS) is 11.4. The maximum atomic E-state index is 13.5. The van der Waals surface area contributed by atoms with Crippen molar-refractivity contribution in [1.82, 2.24) is 0 Å². The lowest BCUT2D eigenvalue weighted by Crippen LogP contribution is -2.06. The van der Waals surface area contributed by atoms with Gasteiger partial charge < -0.3 is 0 Å². The SMILES string of the molecule is O=S(=O)(O)c1c(F)cccc1Cc1ccccc1. The quantitative estimate of drug-likeness (QED) is 0.869. The van der Waals surface area contributed by atoms with Crippen LogP contribution < -0.4 is 0 Å². The highest BCUT2D eigenvalue weighted by Gasteiger charge is 2.20. The molecule has 0 amide bonds. The van der Waals surface area contributed by atoms with Gasteiger partial charge in [-0.1, -0.05) is 42.5 Å². The largest absolute Gasteiger partial charge is 0.297 e. The Hall–Kier alpha value is -1.72. The van der Waals surface area contributed by atoms with Crippen LogP contribution in [-0.4, -0.2) is 13.0 Å². The Balaban J connectivity index is 2.50. The lowest BCUT2D eigenvalue weighted by atomic mass is 10.1. The summed E-state index contributed by atoms with van der Waals surface area (Å²) in [6.07, 6.45) is 0.244. The molecule has 94 valence electrons. The summed E-state index contributed by atoms with van der Waals surface area (Å²) in [5.41, 5.74) is 1.08. The van der Waals surface area contributed by atoms with E-state index >= 15 is 0 Å². The molecule has 5 heteroatoms. The molecule has 2 rings (SSSR count). The fraction of sp³-hybridized carbons (Fsp3) is 0.0769. The molecule has 3 nitrogen and oxygen atoms in total. The summed E-state index contributed by atoms with van der Waals surface area (Å²) in [6, 6.07) is 13.0. The van der Waals surface area contributed by atoms with Crippen molar-refractivity contribution in [3.63, 3.8) is 0 Å². The molecule has 2 aromatic rings. The standard InChI is InChI=1S/C13H11FO3S/c14-12-8-4-7-11(13(12)18(15,16)17)9-10-5-2-1-3-6-10/h1-8H,9H2,(H,15,16,17). The Morgan fingerprint density at radius 2 is 1.67 bits per heavy atom. The molecule has 2 aromatic carbocycles. The van der Waals surface area contributed by atoms with Gasteiger partial charge in [-0.05, 0) is 23.6 Å². The first-order valence-corrected chi connectivity index (χ1v) is 6.71. The summed E-state index contributed by atoms with van der Waals surface area (Å²) in [7, 11) is -4.56. The van der Waals surface area contributed by atoms with Crippen LogP contribution in [0.1, 0.15) is 11.1 Å². The Labute approximate surface area is 105 Å². The van der Waals surface area contributed by atoms with Gasteiger partial charge in [-0.3, -0.25) is 4.55 Å². The molecule has 0 aliphatic rings. The van der Waals surface area contributed by atoms with Crippen LogP contribution in [0.2, 0.25) is 0 Å². The highest BCUT2D eigenvalue weighted by molar-refractivity contribution is 7.85. The second-order valence-electron chi connectivity index (χ2n) is 3.87. The zero-order valence-electron chi connectivity index (χ0n) is 9.38. The van der Waals surface area contributed by atoms with E-state index in [9.17, 15) is 12.8 Å². The monoisotopic (exact) mass is 266 g/mol. The zero-order chi connectivity index (χ0) is 13.2. The third kappa shape index (κ3) is 2.75. The van der Waals surface area contributed by atoms with Crippen molar-refractivity contribution in [2.75, 3.05) is 0 Å². The minimum atomic E-state index is -4.56. The van der Waals surface area contributed by atoms with Gasteiger partial charge in [-0.15, -0.1) is 0 Å². The van der Waals surface area contributed by atoms with E-state index in [0.717, 1.165) is 11.6 Å². The highest BCUT2D eigenvalue weighted by Crippen LogP contribution is 2.22. The van der Waals surface area contributed by atoms with Crippen LogP contribution in [0.4, 0.5) is 4.39 Å². The lowest BCUT2D eigenvalue weighted by Gasteiger charge is -2.08. The number of hydrogen-bond donors (Lipinski definition) is 1. The minimum Gasteiger partial charge on any atom is -0.282 e. The molecular formula is C13H11FO3S. The molecule has 0 radical (unpaired) electrons. The number of rotatable bonds is 3. The van der Waals surface area contributed by atoms with E-state index in [1.165, 1.54) is 12.1 Å². The predicted octanol–water partition coefficient (Wildman–Crippen LogP) is 2.66. The summed E-state index contributed by atoms with van der Waals surface area (Å²) in [5, 5.41) is 0. The Bertz CT molecular complexity index is 651. The molecule has 18 heavy (non-hydrogen) atoms. The highest BCUT2D eigenvalue weighted by atomic mass is 32.2. The summed E-state index contributed by atoms with van der Waals surface area (Å²) in [4.78, 5) is -0.645. The molecule has 0 heterocycles. The lowest BCUT2D eigenvalue weighted by molar-refractivity contribution is 0.472. The number of halogens is 1.